The molecule has 2 aromatic rings. The van der Waals surface area contributed by atoms with Gasteiger partial charge in [0.15, 0.2) is 5.13 Å². The number of rotatable bonds is 2. The number of hydrogen-bond donors (Lipinski definition) is 1. The zero-order chi connectivity index (χ0) is 11.7. The minimum absolute atomic E-state index is 0.547. The van der Waals surface area contributed by atoms with Crippen LogP contribution < -0.4 is 10.5 Å². The molecular formula is C11H11BrN2OS. The van der Waals surface area contributed by atoms with E-state index in [4.69, 9.17) is 10.5 Å². The molecule has 1 heterocycles. The number of ether oxygens (including phenoxy) is 1. The van der Waals surface area contributed by atoms with Gasteiger partial charge in [-0.15, -0.1) is 0 Å². The Bertz CT molecular complexity index is 525. The van der Waals surface area contributed by atoms with Crippen LogP contribution in [0.4, 0.5) is 5.13 Å². The third-order valence-corrected chi connectivity index (χ3v) is 3.75. The highest BCUT2D eigenvalue weighted by atomic mass is 79.9. The molecule has 16 heavy (non-hydrogen) atoms. The largest absolute Gasteiger partial charge is 0.496 e. The molecule has 0 saturated heterocycles. The van der Waals surface area contributed by atoms with E-state index in [2.05, 4.69) is 20.9 Å². The first-order valence-electron chi connectivity index (χ1n) is 4.68. The highest BCUT2D eigenvalue weighted by Crippen LogP contribution is 2.38. The average molecular weight is 299 g/mol. The summed E-state index contributed by atoms with van der Waals surface area (Å²) >= 11 is 4.88. The molecule has 1 aromatic heterocycles. The summed E-state index contributed by atoms with van der Waals surface area (Å²) in [6, 6.07) is 5.98. The van der Waals surface area contributed by atoms with Gasteiger partial charge in [-0.1, -0.05) is 23.0 Å². The molecule has 0 aliphatic carbocycles. The van der Waals surface area contributed by atoms with Crippen molar-refractivity contribution in [2.45, 2.75) is 6.92 Å². The zero-order valence-corrected chi connectivity index (χ0v) is 11.4. The maximum Gasteiger partial charge on any atom is 0.181 e. The first kappa shape index (κ1) is 11.4. The average Bonchev–Trinajstić information content (AvgIpc) is 2.57. The number of nitrogens with zero attached hydrogens (tertiary/aromatic N) is 1. The summed E-state index contributed by atoms with van der Waals surface area (Å²) in [7, 11) is 1.65. The van der Waals surface area contributed by atoms with E-state index >= 15 is 0 Å². The van der Waals surface area contributed by atoms with E-state index in [1.165, 1.54) is 11.3 Å². The predicted molar refractivity (Wildman–Crippen MR) is 71.0 cm³/mol. The first-order chi connectivity index (χ1) is 7.61. The van der Waals surface area contributed by atoms with Gasteiger partial charge < -0.3 is 10.5 Å². The molecule has 1 aromatic carbocycles. The SMILES string of the molecule is COc1ccc(C)cc1-c1nc(N)sc1Br. The monoisotopic (exact) mass is 298 g/mol. The molecule has 3 nitrogen and oxygen atoms in total. The molecule has 0 spiro atoms. The lowest BCUT2D eigenvalue weighted by Gasteiger charge is -2.07. The Balaban J connectivity index is 2.62. The van der Waals surface area contributed by atoms with Crippen LogP contribution in [0, 0.1) is 6.92 Å². The van der Waals surface area contributed by atoms with Gasteiger partial charge in [0.25, 0.3) is 0 Å². The van der Waals surface area contributed by atoms with Gasteiger partial charge in [0, 0.05) is 5.56 Å². The molecule has 0 unspecified atom stereocenters. The molecule has 5 heteroatoms. The number of methoxy groups -OCH3 is 1. The summed E-state index contributed by atoms with van der Waals surface area (Å²) in [5.41, 5.74) is 8.64. The third kappa shape index (κ3) is 2.05. The summed E-state index contributed by atoms with van der Waals surface area (Å²) in [6.45, 7) is 2.03. The maximum atomic E-state index is 5.68. The van der Waals surface area contributed by atoms with Crippen molar-refractivity contribution in [1.82, 2.24) is 4.98 Å². The summed E-state index contributed by atoms with van der Waals surface area (Å²) in [6.07, 6.45) is 0. The number of thiazole rings is 1. The van der Waals surface area contributed by atoms with Crippen LogP contribution in [0.25, 0.3) is 11.3 Å². The van der Waals surface area contributed by atoms with Crippen LogP contribution in [0.2, 0.25) is 0 Å². The molecule has 2 rings (SSSR count). The number of aromatic nitrogens is 1. The van der Waals surface area contributed by atoms with Crippen LogP contribution in [0.3, 0.4) is 0 Å². The summed E-state index contributed by atoms with van der Waals surface area (Å²) in [4.78, 5) is 4.30. The second kappa shape index (κ2) is 4.43. The van der Waals surface area contributed by atoms with Gasteiger partial charge in [0.05, 0.1) is 10.9 Å². The molecule has 0 fully saturated rings. The second-order valence-corrected chi connectivity index (χ2v) is 5.73. The fourth-order valence-corrected chi connectivity index (χ4v) is 2.86. The van der Waals surface area contributed by atoms with E-state index in [9.17, 15) is 0 Å². The van der Waals surface area contributed by atoms with E-state index < -0.39 is 0 Å². The van der Waals surface area contributed by atoms with Gasteiger partial charge in [0.1, 0.15) is 11.4 Å². The molecule has 2 N–H and O–H groups in total. The molecule has 0 bridgehead atoms. The minimum Gasteiger partial charge on any atom is -0.496 e. The number of aryl methyl sites for hydroxylation is 1. The van der Waals surface area contributed by atoms with Crippen molar-refractivity contribution >= 4 is 32.4 Å². The van der Waals surface area contributed by atoms with Crippen LogP contribution in [0.15, 0.2) is 22.0 Å². The number of nitrogen functional groups attached to an aromatic ring is 1. The Kier molecular flexibility index (Phi) is 3.16. The highest BCUT2D eigenvalue weighted by molar-refractivity contribution is 9.11. The molecule has 0 amide bonds. The number of halogens is 1. The Morgan fingerprint density at radius 3 is 2.75 bits per heavy atom. The van der Waals surface area contributed by atoms with Crippen molar-refractivity contribution in [2.24, 2.45) is 0 Å². The molecular weight excluding hydrogens is 288 g/mol. The molecule has 0 saturated carbocycles. The summed E-state index contributed by atoms with van der Waals surface area (Å²) in [5, 5.41) is 0.547. The van der Waals surface area contributed by atoms with Gasteiger partial charge in [0.2, 0.25) is 0 Å². The Labute approximate surface area is 106 Å². The number of benzene rings is 1. The Hall–Kier alpha value is -1.07. The van der Waals surface area contributed by atoms with Gasteiger partial charge >= 0.3 is 0 Å². The molecule has 0 atom stereocenters. The van der Waals surface area contributed by atoms with E-state index in [0.717, 1.165) is 26.4 Å². The van der Waals surface area contributed by atoms with Crippen molar-refractivity contribution in [3.8, 4) is 17.0 Å². The number of anilines is 1. The zero-order valence-electron chi connectivity index (χ0n) is 8.95. The lowest BCUT2D eigenvalue weighted by molar-refractivity contribution is 0.416. The van der Waals surface area contributed by atoms with Crippen molar-refractivity contribution in [2.75, 3.05) is 12.8 Å². The van der Waals surface area contributed by atoms with Gasteiger partial charge in [-0.25, -0.2) is 4.98 Å². The van der Waals surface area contributed by atoms with Crippen molar-refractivity contribution < 1.29 is 4.74 Å². The van der Waals surface area contributed by atoms with Crippen LogP contribution in [-0.2, 0) is 0 Å². The van der Waals surface area contributed by atoms with E-state index in [1.807, 2.05) is 25.1 Å². The lowest BCUT2D eigenvalue weighted by atomic mass is 10.1. The Morgan fingerprint density at radius 2 is 2.19 bits per heavy atom. The fraction of sp³-hybridized carbons (Fsp3) is 0.182. The fourth-order valence-electron chi connectivity index (χ4n) is 1.49. The van der Waals surface area contributed by atoms with Crippen molar-refractivity contribution in [1.29, 1.82) is 0 Å². The van der Waals surface area contributed by atoms with Crippen molar-refractivity contribution in [3.05, 3.63) is 27.5 Å². The minimum atomic E-state index is 0.547. The smallest absolute Gasteiger partial charge is 0.181 e. The van der Waals surface area contributed by atoms with E-state index in [0.29, 0.717) is 5.13 Å². The number of nitrogens with two attached hydrogens (primary N) is 1. The maximum absolute atomic E-state index is 5.68. The predicted octanol–water partition coefficient (Wildman–Crippen LogP) is 3.47. The van der Waals surface area contributed by atoms with Gasteiger partial charge in [-0.2, -0.15) is 0 Å². The third-order valence-electron chi connectivity index (χ3n) is 2.21. The van der Waals surface area contributed by atoms with Crippen LogP contribution in [-0.4, -0.2) is 12.1 Å². The van der Waals surface area contributed by atoms with Crippen molar-refractivity contribution in [3.63, 3.8) is 0 Å². The summed E-state index contributed by atoms with van der Waals surface area (Å²) < 4.78 is 6.25. The Morgan fingerprint density at radius 1 is 1.44 bits per heavy atom. The second-order valence-electron chi connectivity index (χ2n) is 3.38. The standard InChI is InChI=1S/C11H11BrN2OS/c1-6-3-4-8(15-2)7(5-6)9-10(12)16-11(13)14-9/h3-5H,1-2H3,(H2,13,14). The highest BCUT2D eigenvalue weighted by Gasteiger charge is 2.14. The topological polar surface area (TPSA) is 48.1 Å². The van der Waals surface area contributed by atoms with E-state index in [1.54, 1.807) is 7.11 Å². The van der Waals surface area contributed by atoms with Gasteiger partial charge in [-0.05, 0) is 35.0 Å². The van der Waals surface area contributed by atoms with Crippen LogP contribution in [0.1, 0.15) is 5.56 Å². The molecule has 0 aliphatic rings. The van der Waals surface area contributed by atoms with Gasteiger partial charge in [-0.3, -0.25) is 0 Å². The summed E-state index contributed by atoms with van der Waals surface area (Å²) in [5.74, 6) is 0.802. The van der Waals surface area contributed by atoms with E-state index in [-0.39, 0.29) is 0 Å². The molecule has 84 valence electrons. The lowest BCUT2D eigenvalue weighted by Crippen LogP contribution is -1.90. The molecule has 0 aliphatic heterocycles. The van der Waals surface area contributed by atoms with Crippen LogP contribution >= 0.6 is 27.3 Å². The quantitative estimate of drug-likeness (QED) is 0.923. The van der Waals surface area contributed by atoms with Crippen LogP contribution in [0.5, 0.6) is 5.75 Å². The normalized spacial score (nSPS) is 10.4. The molecule has 0 radical (unpaired) electrons. The first-order valence-corrected chi connectivity index (χ1v) is 6.29. The number of hydrogen-bond acceptors (Lipinski definition) is 4.